The van der Waals surface area contributed by atoms with E-state index in [1.165, 1.54) is 0 Å². The van der Waals surface area contributed by atoms with Crippen LogP contribution < -0.4 is 15.4 Å². The summed E-state index contributed by atoms with van der Waals surface area (Å²) in [5.41, 5.74) is 0. The average molecular weight is 319 g/mol. The van der Waals surface area contributed by atoms with Crippen LogP contribution in [0, 0.1) is 0 Å². The lowest BCUT2D eigenvalue weighted by atomic mass is 10.1. The number of carbonyl (C=O) groups excluding carboxylic acids is 1. The number of nitrogens with one attached hydrogen (secondary N) is 2. The van der Waals surface area contributed by atoms with Gasteiger partial charge in [-0.2, -0.15) is 0 Å². The van der Waals surface area contributed by atoms with Gasteiger partial charge < -0.3 is 15.4 Å². The van der Waals surface area contributed by atoms with Crippen LogP contribution in [0.2, 0.25) is 5.02 Å². The Morgan fingerprint density at radius 1 is 1.45 bits per heavy atom. The molecule has 0 aliphatic carbocycles. The van der Waals surface area contributed by atoms with Crippen LogP contribution in [0.25, 0.3) is 0 Å². The normalized spacial score (nSPS) is 16.9. The molecule has 2 N–H and O–H groups in total. The van der Waals surface area contributed by atoms with Crippen LogP contribution in [0.3, 0.4) is 0 Å². The SMILES string of the molecule is CC(Oc1cccc(Cl)c1)C(=O)NC1CCNCC1.Cl. The number of ether oxygens (including phenoxy) is 1. The van der Waals surface area contributed by atoms with Crippen molar-refractivity contribution in [2.75, 3.05) is 13.1 Å². The van der Waals surface area contributed by atoms with Crippen LogP contribution in [0.4, 0.5) is 0 Å². The molecule has 1 unspecified atom stereocenters. The molecule has 0 spiro atoms. The molecule has 1 amide bonds. The van der Waals surface area contributed by atoms with Crippen molar-refractivity contribution in [2.45, 2.75) is 31.9 Å². The van der Waals surface area contributed by atoms with Gasteiger partial charge in [0.05, 0.1) is 0 Å². The topological polar surface area (TPSA) is 50.4 Å². The van der Waals surface area contributed by atoms with E-state index in [2.05, 4.69) is 10.6 Å². The second-order valence-electron chi connectivity index (χ2n) is 4.75. The molecule has 2 rings (SSSR count). The Kier molecular flexibility index (Phi) is 7.13. The zero-order valence-electron chi connectivity index (χ0n) is 11.4. The van der Waals surface area contributed by atoms with Crippen molar-refractivity contribution < 1.29 is 9.53 Å². The largest absolute Gasteiger partial charge is 0.481 e. The Balaban J connectivity index is 0.00000200. The highest BCUT2D eigenvalue weighted by molar-refractivity contribution is 6.30. The smallest absolute Gasteiger partial charge is 0.260 e. The summed E-state index contributed by atoms with van der Waals surface area (Å²) in [7, 11) is 0. The van der Waals surface area contributed by atoms with E-state index in [-0.39, 0.29) is 24.4 Å². The van der Waals surface area contributed by atoms with Gasteiger partial charge in [0.2, 0.25) is 0 Å². The fourth-order valence-corrected chi connectivity index (χ4v) is 2.26. The molecule has 1 aliphatic rings. The Bertz CT molecular complexity index is 437. The summed E-state index contributed by atoms with van der Waals surface area (Å²) >= 11 is 5.88. The Morgan fingerprint density at radius 2 is 2.15 bits per heavy atom. The number of rotatable bonds is 4. The first kappa shape index (κ1) is 17.1. The van der Waals surface area contributed by atoms with Gasteiger partial charge in [-0.05, 0) is 51.1 Å². The molecule has 0 radical (unpaired) electrons. The number of halogens is 2. The second-order valence-corrected chi connectivity index (χ2v) is 5.19. The van der Waals surface area contributed by atoms with Crippen molar-refractivity contribution in [1.82, 2.24) is 10.6 Å². The number of piperidine rings is 1. The van der Waals surface area contributed by atoms with Crippen molar-refractivity contribution in [3.05, 3.63) is 29.3 Å². The number of amides is 1. The Morgan fingerprint density at radius 3 is 2.80 bits per heavy atom. The fourth-order valence-electron chi connectivity index (χ4n) is 2.08. The molecular weight excluding hydrogens is 299 g/mol. The highest BCUT2D eigenvalue weighted by Gasteiger charge is 2.20. The molecule has 112 valence electrons. The van der Waals surface area contributed by atoms with Crippen LogP contribution in [0.1, 0.15) is 19.8 Å². The summed E-state index contributed by atoms with van der Waals surface area (Å²) in [6.07, 6.45) is 1.42. The third kappa shape index (κ3) is 5.19. The van der Waals surface area contributed by atoms with E-state index in [0.29, 0.717) is 10.8 Å². The summed E-state index contributed by atoms with van der Waals surface area (Å²) < 4.78 is 5.59. The molecule has 1 fully saturated rings. The predicted molar refractivity (Wildman–Crippen MR) is 82.8 cm³/mol. The third-order valence-electron chi connectivity index (χ3n) is 3.16. The van der Waals surface area contributed by atoms with Crippen molar-refractivity contribution in [3.63, 3.8) is 0 Å². The van der Waals surface area contributed by atoms with Gasteiger partial charge in [-0.3, -0.25) is 4.79 Å². The molecule has 0 bridgehead atoms. The lowest BCUT2D eigenvalue weighted by Gasteiger charge is -2.25. The lowest BCUT2D eigenvalue weighted by Crippen LogP contribution is -2.46. The molecule has 1 aromatic rings. The summed E-state index contributed by atoms with van der Waals surface area (Å²) in [5, 5.41) is 6.88. The first-order valence-corrected chi connectivity index (χ1v) is 6.96. The maximum Gasteiger partial charge on any atom is 0.260 e. The molecule has 20 heavy (non-hydrogen) atoms. The standard InChI is InChI=1S/C14H19ClN2O2.ClH/c1-10(19-13-4-2-3-11(15)9-13)14(18)17-12-5-7-16-8-6-12;/h2-4,9-10,12,16H,5-8H2,1H3,(H,17,18);1H. The van der Waals surface area contributed by atoms with Crippen LogP contribution in [-0.2, 0) is 4.79 Å². The quantitative estimate of drug-likeness (QED) is 0.896. The van der Waals surface area contributed by atoms with Gasteiger partial charge in [0.15, 0.2) is 6.10 Å². The van der Waals surface area contributed by atoms with Crippen molar-refractivity contribution >= 4 is 29.9 Å². The van der Waals surface area contributed by atoms with Gasteiger partial charge >= 0.3 is 0 Å². The summed E-state index contributed by atoms with van der Waals surface area (Å²) in [6, 6.07) is 7.32. The van der Waals surface area contributed by atoms with Crippen LogP contribution in [0.5, 0.6) is 5.75 Å². The summed E-state index contributed by atoms with van der Waals surface area (Å²) in [6.45, 7) is 3.65. The summed E-state index contributed by atoms with van der Waals surface area (Å²) in [5.74, 6) is 0.535. The first-order valence-electron chi connectivity index (χ1n) is 6.58. The highest BCUT2D eigenvalue weighted by atomic mass is 35.5. The summed E-state index contributed by atoms with van der Waals surface area (Å²) in [4.78, 5) is 12.0. The van der Waals surface area contributed by atoms with E-state index in [1.807, 2.05) is 0 Å². The van der Waals surface area contributed by atoms with Gasteiger partial charge in [-0.1, -0.05) is 17.7 Å². The molecule has 1 heterocycles. The van der Waals surface area contributed by atoms with Crippen LogP contribution in [-0.4, -0.2) is 31.1 Å². The van der Waals surface area contributed by atoms with Gasteiger partial charge in [-0.15, -0.1) is 12.4 Å². The molecular formula is C14H20Cl2N2O2. The number of benzene rings is 1. The molecule has 0 aromatic heterocycles. The van der Waals surface area contributed by atoms with E-state index < -0.39 is 6.10 Å². The van der Waals surface area contributed by atoms with E-state index in [0.717, 1.165) is 25.9 Å². The number of hydrogen-bond donors (Lipinski definition) is 2. The van der Waals surface area contributed by atoms with Crippen molar-refractivity contribution in [2.24, 2.45) is 0 Å². The lowest BCUT2D eigenvalue weighted by molar-refractivity contribution is -0.128. The highest BCUT2D eigenvalue weighted by Crippen LogP contribution is 2.18. The molecule has 1 aliphatic heterocycles. The molecule has 4 nitrogen and oxygen atoms in total. The Hall–Kier alpha value is -0.970. The molecule has 0 saturated carbocycles. The van der Waals surface area contributed by atoms with E-state index in [4.69, 9.17) is 16.3 Å². The molecule has 1 atom stereocenters. The average Bonchev–Trinajstić information content (AvgIpc) is 2.40. The molecule has 1 saturated heterocycles. The van der Waals surface area contributed by atoms with E-state index in [9.17, 15) is 4.79 Å². The maximum atomic E-state index is 12.0. The third-order valence-corrected chi connectivity index (χ3v) is 3.40. The number of carbonyl (C=O) groups is 1. The van der Waals surface area contributed by atoms with Crippen molar-refractivity contribution in [1.29, 1.82) is 0 Å². The van der Waals surface area contributed by atoms with Gasteiger partial charge in [-0.25, -0.2) is 0 Å². The van der Waals surface area contributed by atoms with Crippen molar-refractivity contribution in [3.8, 4) is 5.75 Å². The predicted octanol–water partition coefficient (Wildman–Crippen LogP) is 2.40. The minimum Gasteiger partial charge on any atom is -0.481 e. The van der Waals surface area contributed by atoms with E-state index >= 15 is 0 Å². The van der Waals surface area contributed by atoms with E-state index in [1.54, 1.807) is 31.2 Å². The van der Waals surface area contributed by atoms with Gasteiger partial charge in [0, 0.05) is 11.1 Å². The van der Waals surface area contributed by atoms with Crippen LogP contribution >= 0.6 is 24.0 Å². The molecule has 1 aromatic carbocycles. The minimum absolute atomic E-state index is 0. The number of hydrogen-bond acceptors (Lipinski definition) is 3. The zero-order chi connectivity index (χ0) is 13.7. The fraction of sp³-hybridized carbons (Fsp3) is 0.500. The van der Waals surface area contributed by atoms with Gasteiger partial charge in [0.25, 0.3) is 5.91 Å². The minimum atomic E-state index is -0.520. The Labute approximate surface area is 130 Å². The van der Waals surface area contributed by atoms with Crippen LogP contribution in [0.15, 0.2) is 24.3 Å². The maximum absolute atomic E-state index is 12.0. The molecule has 6 heteroatoms. The first-order chi connectivity index (χ1) is 9.15. The second kappa shape index (κ2) is 8.35. The monoisotopic (exact) mass is 318 g/mol. The van der Waals surface area contributed by atoms with Gasteiger partial charge in [0.1, 0.15) is 5.75 Å². The zero-order valence-corrected chi connectivity index (χ0v) is 13.0.